The van der Waals surface area contributed by atoms with Crippen molar-refractivity contribution in [1.82, 2.24) is 5.32 Å². The van der Waals surface area contributed by atoms with Gasteiger partial charge in [-0.05, 0) is 54.6 Å². The maximum absolute atomic E-state index is 6.19. The molecule has 1 aromatic carbocycles. The van der Waals surface area contributed by atoms with E-state index in [9.17, 15) is 0 Å². The van der Waals surface area contributed by atoms with E-state index in [0.717, 1.165) is 31.8 Å². The molecule has 0 fully saturated rings. The normalized spacial score (nSPS) is 18.9. The number of benzene rings is 1. The van der Waals surface area contributed by atoms with Gasteiger partial charge in [-0.25, -0.2) is 0 Å². The van der Waals surface area contributed by atoms with E-state index in [1.807, 2.05) is 0 Å². The molecular formula is C18H28ClN. The van der Waals surface area contributed by atoms with Crippen LogP contribution in [0.1, 0.15) is 56.6 Å². The second-order valence-corrected chi connectivity index (χ2v) is 6.53. The molecule has 2 rings (SSSR count). The number of hydrogen-bond donors (Lipinski definition) is 1. The zero-order valence-electron chi connectivity index (χ0n) is 12.9. The standard InChI is InChI=1S/C18H28ClN/c1-3-18(4-2,13-19)14-20-12-16-10-7-9-15-8-5-6-11-17(15)16/h5-6,8,11,16,20H,3-4,7,9-10,12-14H2,1-2H3. The van der Waals surface area contributed by atoms with E-state index in [1.165, 1.54) is 19.3 Å². The number of aryl methyl sites for hydroxylation is 1. The highest BCUT2D eigenvalue weighted by molar-refractivity contribution is 6.18. The third-order valence-corrected chi connectivity index (χ3v) is 5.73. The highest BCUT2D eigenvalue weighted by atomic mass is 35.5. The molecule has 20 heavy (non-hydrogen) atoms. The van der Waals surface area contributed by atoms with Gasteiger partial charge in [-0.2, -0.15) is 0 Å². The fourth-order valence-electron chi connectivity index (χ4n) is 3.31. The van der Waals surface area contributed by atoms with Crippen LogP contribution in [0.4, 0.5) is 0 Å². The van der Waals surface area contributed by atoms with Gasteiger partial charge in [0.15, 0.2) is 0 Å². The molecule has 0 amide bonds. The minimum absolute atomic E-state index is 0.274. The van der Waals surface area contributed by atoms with Crippen LogP contribution in [0.5, 0.6) is 0 Å². The highest BCUT2D eigenvalue weighted by Gasteiger charge is 2.26. The maximum Gasteiger partial charge on any atom is 0.0291 e. The summed E-state index contributed by atoms with van der Waals surface area (Å²) in [6, 6.07) is 8.96. The largest absolute Gasteiger partial charge is 0.316 e. The fraction of sp³-hybridized carbons (Fsp3) is 0.667. The average molecular weight is 294 g/mol. The van der Waals surface area contributed by atoms with Crippen molar-refractivity contribution < 1.29 is 0 Å². The SMILES string of the molecule is CCC(CC)(CCl)CNCC1CCCc2ccccc21. The molecule has 0 aliphatic heterocycles. The van der Waals surface area contributed by atoms with Crippen LogP contribution < -0.4 is 5.32 Å². The average Bonchev–Trinajstić information content (AvgIpc) is 2.52. The van der Waals surface area contributed by atoms with Crippen LogP contribution in [-0.4, -0.2) is 19.0 Å². The van der Waals surface area contributed by atoms with E-state index in [0.29, 0.717) is 5.92 Å². The maximum atomic E-state index is 6.19. The Bertz CT molecular complexity index is 403. The fourth-order valence-corrected chi connectivity index (χ4v) is 3.79. The monoisotopic (exact) mass is 293 g/mol. The number of fused-ring (bicyclic) bond motifs is 1. The zero-order valence-corrected chi connectivity index (χ0v) is 13.7. The lowest BCUT2D eigenvalue weighted by Crippen LogP contribution is -2.37. The first-order valence-corrected chi connectivity index (χ1v) is 8.62. The Labute approximate surface area is 129 Å². The molecule has 0 aromatic heterocycles. The smallest absolute Gasteiger partial charge is 0.0291 e. The quantitative estimate of drug-likeness (QED) is 0.716. The van der Waals surface area contributed by atoms with Crippen LogP contribution in [-0.2, 0) is 6.42 Å². The van der Waals surface area contributed by atoms with Crippen LogP contribution in [0.2, 0.25) is 0 Å². The van der Waals surface area contributed by atoms with Gasteiger partial charge in [0.25, 0.3) is 0 Å². The minimum atomic E-state index is 0.274. The Hall–Kier alpha value is -0.530. The van der Waals surface area contributed by atoms with Crippen molar-refractivity contribution in [2.75, 3.05) is 19.0 Å². The zero-order chi connectivity index (χ0) is 14.4. The first kappa shape index (κ1) is 15.9. The molecule has 1 aromatic rings. The molecule has 1 nitrogen and oxygen atoms in total. The van der Waals surface area contributed by atoms with E-state index >= 15 is 0 Å². The summed E-state index contributed by atoms with van der Waals surface area (Å²) in [7, 11) is 0. The van der Waals surface area contributed by atoms with Crippen LogP contribution in [0, 0.1) is 5.41 Å². The summed E-state index contributed by atoms with van der Waals surface area (Å²) in [4.78, 5) is 0. The Morgan fingerprint density at radius 3 is 2.70 bits per heavy atom. The number of nitrogens with one attached hydrogen (secondary N) is 1. The van der Waals surface area contributed by atoms with Crippen LogP contribution >= 0.6 is 11.6 Å². The summed E-state index contributed by atoms with van der Waals surface area (Å²) in [6.07, 6.45) is 6.20. The molecule has 2 heteroatoms. The van der Waals surface area contributed by atoms with E-state index in [-0.39, 0.29) is 5.41 Å². The molecule has 1 aliphatic carbocycles. The molecule has 0 bridgehead atoms. The summed E-state index contributed by atoms with van der Waals surface area (Å²) in [6.45, 7) is 6.64. The van der Waals surface area contributed by atoms with Gasteiger partial charge in [-0.3, -0.25) is 0 Å². The summed E-state index contributed by atoms with van der Waals surface area (Å²) in [5, 5.41) is 3.71. The summed E-state index contributed by atoms with van der Waals surface area (Å²) in [5.41, 5.74) is 3.39. The molecule has 0 saturated heterocycles. The van der Waals surface area contributed by atoms with Crippen molar-refractivity contribution in [3.63, 3.8) is 0 Å². The molecule has 1 aliphatic rings. The highest BCUT2D eigenvalue weighted by Crippen LogP contribution is 2.32. The van der Waals surface area contributed by atoms with Gasteiger partial charge in [0.05, 0.1) is 0 Å². The van der Waals surface area contributed by atoms with Crippen molar-refractivity contribution in [3.8, 4) is 0 Å². The summed E-state index contributed by atoms with van der Waals surface area (Å²) < 4.78 is 0. The van der Waals surface area contributed by atoms with E-state index in [4.69, 9.17) is 11.6 Å². The first-order chi connectivity index (χ1) is 9.74. The molecule has 112 valence electrons. The first-order valence-electron chi connectivity index (χ1n) is 8.09. The van der Waals surface area contributed by atoms with Crippen molar-refractivity contribution >= 4 is 11.6 Å². The molecular weight excluding hydrogens is 266 g/mol. The van der Waals surface area contributed by atoms with Gasteiger partial charge in [0.1, 0.15) is 0 Å². The topological polar surface area (TPSA) is 12.0 Å². The van der Waals surface area contributed by atoms with Crippen LogP contribution in [0.15, 0.2) is 24.3 Å². The van der Waals surface area contributed by atoms with Gasteiger partial charge in [0.2, 0.25) is 0 Å². The molecule has 1 N–H and O–H groups in total. The molecule has 0 heterocycles. The predicted molar refractivity (Wildman–Crippen MR) is 88.7 cm³/mol. The second-order valence-electron chi connectivity index (χ2n) is 6.26. The van der Waals surface area contributed by atoms with Crippen molar-refractivity contribution in [2.24, 2.45) is 5.41 Å². The van der Waals surface area contributed by atoms with E-state index in [2.05, 4.69) is 43.4 Å². The minimum Gasteiger partial charge on any atom is -0.316 e. The van der Waals surface area contributed by atoms with Gasteiger partial charge in [0, 0.05) is 19.0 Å². The third-order valence-electron chi connectivity index (χ3n) is 5.17. The van der Waals surface area contributed by atoms with Crippen molar-refractivity contribution in [2.45, 2.75) is 51.9 Å². The van der Waals surface area contributed by atoms with Crippen molar-refractivity contribution in [1.29, 1.82) is 0 Å². The number of halogens is 1. The van der Waals surface area contributed by atoms with Gasteiger partial charge in [-0.1, -0.05) is 38.1 Å². The van der Waals surface area contributed by atoms with Gasteiger partial charge < -0.3 is 5.32 Å². The lowest BCUT2D eigenvalue weighted by Gasteiger charge is -2.32. The van der Waals surface area contributed by atoms with E-state index in [1.54, 1.807) is 11.1 Å². The lowest BCUT2D eigenvalue weighted by atomic mass is 9.81. The molecule has 1 unspecified atom stereocenters. The van der Waals surface area contributed by atoms with E-state index < -0.39 is 0 Å². The lowest BCUT2D eigenvalue weighted by molar-refractivity contribution is 0.282. The van der Waals surface area contributed by atoms with Crippen LogP contribution in [0.25, 0.3) is 0 Å². The number of rotatable bonds is 7. The molecule has 0 spiro atoms. The van der Waals surface area contributed by atoms with Gasteiger partial charge in [-0.15, -0.1) is 11.6 Å². The predicted octanol–water partition coefficient (Wildman–Crippen LogP) is 4.74. The number of alkyl halides is 1. The third kappa shape index (κ3) is 3.56. The Morgan fingerprint density at radius 1 is 1.25 bits per heavy atom. The number of hydrogen-bond acceptors (Lipinski definition) is 1. The summed E-state index contributed by atoms with van der Waals surface area (Å²) in [5.74, 6) is 1.44. The Kier molecular flexibility index (Phi) is 5.92. The summed E-state index contributed by atoms with van der Waals surface area (Å²) >= 11 is 6.19. The van der Waals surface area contributed by atoms with Crippen molar-refractivity contribution in [3.05, 3.63) is 35.4 Å². The molecule has 1 atom stereocenters. The Morgan fingerprint density at radius 2 is 2.00 bits per heavy atom. The molecule has 0 saturated carbocycles. The van der Waals surface area contributed by atoms with Crippen LogP contribution in [0.3, 0.4) is 0 Å². The Balaban J connectivity index is 1.92. The molecule has 0 radical (unpaired) electrons. The van der Waals surface area contributed by atoms with Gasteiger partial charge >= 0.3 is 0 Å². The second kappa shape index (κ2) is 7.47.